The van der Waals surface area contributed by atoms with Crippen LogP contribution in [0.1, 0.15) is 40.0 Å². The van der Waals surface area contributed by atoms with Crippen LogP contribution >= 0.6 is 0 Å². The quantitative estimate of drug-likeness (QED) is 0.530. The average molecular weight is 179 g/mol. The highest BCUT2D eigenvalue weighted by Gasteiger charge is 1.95. The van der Waals surface area contributed by atoms with Crippen LogP contribution in [-0.2, 0) is 0 Å². The highest BCUT2D eigenvalue weighted by atomic mass is 14.0. The van der Waals surface area contributed by atoms with Gasteiger partial charge in [0, 0.05) is 0 Å². The molecule has 2 atom stereocenters. The van der Waals surface area contributed by atoms with Crippen molar-refractivity contribution in [2.24, 2.45) is 11.8 Å². The molecule has 0 rings (SSSR count). The maximum atomic E-state index is 3.69. The Kier molecular flexibility index (Phi) is 7.77. The van der Waals surface area contributed by atoms with E-state index in [9.17, 15) is 0 Å². The number of hydrogen-bond acceptors (Lipinski definition) is 0. The minimum Gasteiger partial charge on any atom is -0.0880 e. The molecule has 0 heterocycles. The van der Waals surface area contributed by atoms with E-state index >= 15 is 0 Å². The van der Waals surface area contributed by atoms with Gasteiger partial charge in [0.05, 0.1) is 0 Å². The highest BCUT2D eigenvalue weighted by Crippen LogP contribution is 2.09. The molecule has 0 bridgehead atoms. The van der Waals surface area contributed by atoms with E-state index < -0.39 is 0 Å². The summed E-state index contributed by atoms with van der Waals surface area (Å²) in [6.07, 6.45) is 12.4. The van der Waals surface area contributed by atoms with Gasteiger partial charge >= 0.3 is 0 Å². The Labute approximate surface area is 83.7 Å². The summed E-state index contributed by atoms with van der Waals surface area (Å²) in [7, 11) is 0. The molecule has 0 amide bonds. The molecule has 0 aromatic carbocycles. The molecule has 0 aliphatic carbocycles. The zero-order valence-electron chi connectivity index (χ0n) is 9.29. The fourth-order valence-electron chi connectivity index (χ4n) is 1.39. The molecule has 0 saturated carbocycles. The van der Waals surface area contributed by atoms with Crippen molar-refractivity contribution in [1.82, 2.24) is 0 Å². The van der Waals surface area contributed by atoms with Crippen LogP contribution in [0.15, 0.2) is 24.3 Å². The maximum Gasteiger partial charge on any atom is -0.0227 e. The smallest absolute Gasteiger partial charge is 0.0227 e. The van der Waals surface area contributed by atoms with Crippen LogP contribution in [0, 0.1) is 18.8 Å². The third-order valence-corrected chi connectivity index (χ3v) is 2.18. The van der Waals surface area contributed by atoms with E-state index in [1.165, 1.54) is 12.8 Å². The first-order chi connectivity index (χ1) is 6.20. The lowest BCUT2D eigenvalue weighted by atomic mass is 10.0. The molecule has 0 fully saturated rings. The van der Waals surface area contributed by atoms with E-state index in [4.69, 9.17) is 0 Å². The lowest BCUT2D eigenvalue weighted by Gasteiger charge is -2.04. The van der Waals surface area contributed by atoms with Crippen molar-refractivity contribution in [3.8, 4) is 0 Å². The van der Waals surface area contributed by atoms with Crippen molar-refractivity contribution in [1.29, 1.82) is 0 Å². The van der Waals surface area contributed by atoms with E-state index in [-0.39, 0.29) is 0 Å². The number of rotatable bonds is 6. The Morgan fingerprint density at radius 2 is 1.85 bits per heavy atom. The second kappa shape index (κ2) is 8.10. The largest absolute Gasteiger partial charge is 0.0880 e. The monoisotopic (exact) mass is 179 g/mol. The predicted octanol–water partition coefficient (Wildman–Crippen LogP) is 4.40. The molecule has 0 aromatic rings. The standard InChI is InChI=1S/C13H23/c1-5-8-12(3)10-7-11-13(4)9-6-2/h5,7-8,11-13H,1,6,9-10H2,2-4H3. The van der Waals surface area contributed by atoms with Crippen molar-refractivity contribution in [3.63, 3.8) is 0 Å². The van der Waals surface area contributed by atoms with Crippen LogP contribution in [0.2, 0.25) is 0 Å². The molecule has 0 spiro atoms. The van der Waals surface area contributed by atoms with Crippen molar-refractivity contribution in [2.75, 3.05) is 0 Å². The molecule has 0 aromatic heterocycles. The molecular formula is C13H23. The van der Waals surface area contributed by atoms with Crippen molar-refractivity contribution in [3.05, 3.63) is 31.2 Å². The van der Waals surface area contributed by atoms with Gasteiger partial charge in [0.1, 0.15) is 0 Å². The first-order valence-corrected chi connectivity index (χ1v) is 5.33. The van der Waals surface area contributed by atoms with Gasteiger partial charge in [0.25, 0.3) is 0 Å². The Balaban J connectivity index is 3.61. The van der Waals surface area contributed by atoms with Crippen LogP contribution in [0.3, 0.4) is 0 Å². The topological polar surface area (TPSA) is 0 Å². The molecule has 0 saturated heterocycles. The van der Waals surface area contributed by atoms with Gasteiger partial charge in [-0.05, 0) is 31.6 Å². The molecule has 0 nitrogen and oxygen atoms in total. The molecular weight excluding hydrogens is 156 g/mol. The van der Waals surface area contributed by atoms with Crippen LogP contribution in [-0.4, -0.2) is 0 Å². The zero-order valence-corrected chi connectivity index (χ0v) is 9.29. The van der Waals surface area contributed by atoms with E-state index in [1.54, 1.807) is 0 Å². The van der Waals surface area contributed by atoms with Crippen molar-refractivity contribution in [2.45, 2.75) is 40.0 Å². The molecule has 2 unspecified atom stereocenters. The summed E-state index contributed by atoms with van der Waals surface area (Å²) in [5, 5.41) is 0. The molecule has 1 radical (unpaired) electrons. The first kappa shape index (κ1) is 12.5. The van der Waals surface area contributed by atoms with Crippen LogP contribution in [0.5, 0.6) is 0 Å². The summed E-state index contributed by atoms with van der Waals surface area (Å²) in [6, 6.07) is 0. The van der Waals surface area contributed by atoms with E-state index in [1.807, 2.05) is 6.08 Å². The third kappa shape index (κ3) is 7.83. The summed E-state index contributed by atoms with van der Waals surface area (Å²) in [5.41, 5.74) is 0. The molecule has 0 N–H and O–H groups in total. The Bertz CT molecular complexity index is 153. The Hall–Kier alpha value is -0.520. The molecule has 75 valence electrons. The van der Waals surface area contributed by atoms with Gasteiger partial charge in [-0.3, -0.25) is 0 Å². The van der Waals surface area contributed by atoms with Gasteiger partial charge < -0.3 is 0 Å². The van der Waals surface area contributed by atoms with Crippen LogP contribution < -0.4 is 0 Å². The Morgan fingerprint density at radius 3 is 2.38 bits per heavy atom. The summed E-state index contributed by atoms with van der Waals surface area (Å²) >= 11 is 0. The van der Waals surface area contributed by atoms with E-state index in [2.05, 4.69) is 45.9 Å². The zero-order chi connectivity index (χ0) is 10.1. The van der Waals surface area contributed by atoms with Crippen LogP contribution in [0.25, 0.3) is 0 Å². The summed E-state index contributed by atoms with van der Waals surface area (Å²) in [6.45, 7) is 10.4. The highest BCUT2D eigenvalue weighted by molar-refractivity contribution is 4.94. The summed E-state index contributed by atoms with van der Waals surface area (Å²) in [5.74, 6) is 1.36. The van der Waals surface area contributed by atoms with Gasteiger partial charge in [-0.15, -0.1) is 0 Å². The van der Waals surface area contributed by atoms with Crippen molar-refractivity contribution >= 4 is 0 Å². The summed E-state index contributed by atoms with van der Waals surface area (Å²) < 4.78 is 0. The van der Waals surface area contributed by atoms with Crippen LogP contribution in [0.4, 0.5) is 0 Å². The van der Waals surface area contributed by atoms with Gasteiger partial charge in [-0.1, -0.05) is 51.5 Å². The maximum absolute atomic E-state index is 3.69. The molecule has 13 heavy (non-hydrogen) atoms. The molecule has 0 aliphatic heterocycles. The van der Waals surface area contributed by atoms with Crippen molar-refractivity contribution < 1.29 is 0 Å². The normalized spacial score (nSPS) is 16.9. The molecule has 0 heteroatoms. The lowest BCUT2D eigenvalue weighted by Crippen LogP contribution is -1.89. The summed E-state index contributed by atoms with van der Waals surface area (Å²) in [4.78, 5) is 0. The minimum atomic E-state index is 0.627. The number of hydrogen-bond donors (Lipinski definition) is 0. The lowest BCUT2D eigenvalue weighted by molar-refractivity contribution is 0.628. The first-order valence-electron chi connectivity index (χ1n) is 5.33. The van der Waals surface area contributed by atoms with Gasteiger partial charge in [-0.25, -0.2) is 0 Å². The number of allylic oxidation sites excluding steroid dienone is 4. The van der Waals surface area contributed by atoms with E-state index in [0.717, 1.165) is 12.3 Å². The Morgan fingerprint density at radius 1 is 1.15 bits per heavy atom. The van der Waals surface area contributed by atoms with E-state index in [0.29, 0.717) is 5.92 Å². The van der Waals surface area contributed by atoms with Gasteiger partial charge in [-0.2, -0.15) is 0 Å². The SMILES string of the molecule is [CH2]C=CC(C)CC=CC(C)CCC. The second-order valence-electron chi connectivity index (χ2n) is 3.84. The fraction of sp³-hybridized carbons (Fsp3) is 0.615. The predicted molar refractivity (Wildman–Crippen MR) is 61.5 cm³/mol. The fourth-order valence-corrected chi connectivity index (χ4v) is 1.39. The van der Waals surface area contributed by atoms with Gasteiger partial charge in [0.2, 0.25) is 0 Å². The second-order valence-corrected chi connectivity index (χ2v) is 3.84. The minimum absolute atomic E-state index is 0.627. The third-order valence-electron chi connectivity index (χ3n) is 2.18. The van der Waals surface area contributed by atoms with Gasteiger partial charge in [0.15, 0.2) is 0 Å². The molecule has 0 aliphatic rings. The average Bonchev–Trinajstić information content (AvgIpc) is 2.05.